The molecule has 0 bridgehead atoms. The summed E-state index contributed by atoms with van der Waals surface area (Å²) in [5.74, 6) is 0.549. The lowest BCUT2D eigenvalue weighted by atomic mass is 10.00. The molecule has 0 aliphatic rings. The van der Waals surface area contributed by atoms with Crippen LogP contribution >= 0.6 is 0 Å². The molecule has 0 aliphatic carbocycles. The van der Waals surface area contributed by atoms with Crippen molar-refractivity contribution in [1.29, 1.82) is 0 Å². The molecule has 3 aromatic rings. The zero-order valence-electron chi connectivity index (χ0n) is 15.8. The minimum Gasteiger partial charge on any atom is -0.479 e. The molecule has 0 spiro atoms. The number of esters is 1. The van der Waals surface area contributed by atoms with Gasteiger partial charge in [-0.2, -0.15) is 0 Å². The number of hydrogen-bond donors (Lipinski definition) is 0. The molecule has 3 rings (SSSR count). The van der Waals surface area contributed by atoms with Gasteiger partial charge < -0.3 is 13.9 Å². The smallest absolute Gasteiger partial charge is 0.352 e. The number of aryl methyl sites for hydroxylation is 1. The van der Waals surface area contributed by atoms with E-state index in [-0.39, 0.29) is 5.92 Å². The molecule has 0 fully saturated rings. The van der Waals surface area contributed by atoms with Crippen LogP contribution in [0.1, 0.15) is 37.8 Å². The molecule has 2 aromatic carbocycles. The summed E-state index contributed by atoms with van der Waals surface area (Å²) in [6.45, 7) is 7.59. The third-order valence-electron chi connectivity index (χ3n) is 4.22. The van der Waals surface area contributed by atoms with E-state index in [2.05, 4.69) is 0 Å². The first-order chi connectivity index (χ1) is 12.8. The number of fused-ring (bicyclic) bond motifs is 1. The molecule has 0 N–H and O–H groups in total. The predicted molar refractivity (Wildman–Crippen MR) is 103 cm³/mol. The van der Waals surface area contributed by atoms with Crippen LogP contribution < -0.4 is 15.1 Å². The predicted octanol–water partition coefficient (Wildman–Crippen LogP) is 4.60. The summed E-state index contributed by atoms with van der Waals surface area (Å²) in [4.78, 5) is 24.1. The van der Waals surface area contributed by atoms with Gasteiger partial charge in [0.25, 0.3) is 0 Å². The van der Waals surface area contributed by atoms with E-state index in [0.717, 1.165) is 16.5 Å². The van der Waals surface area contributed by atoms with Gasteiger partial charge in [-0.25, -0.2) is 9.59 Å². The third-order valence-corrected chi connectivity index (χ3v) is 4.22. The average molecular weight is 366 g/mol. The topological polar surface area (TPSA) is 65.7 Å². The standard InChI is InChI=1S/C22H22O5/c1-13(2)19-12-21(23)27-20-11-17(8-9-18(19)20)26-22(24)15(4)25-16-7-5-6-14(3)10-16/h5-13,15H,1-4H3/t15-/m0/s1. The first-order valence-electron chi connectivity index (χ1n) is 8.86. The molecule has 1 atom stereocenters. The summed E-state index contributed by atoms with van der Waals surface area (Å²) < 4.78 is 16.3. The average Bonchev–Trinajstić information content (AvgIpc) is 2.60. The molecule has 0 unspecified atom stereocenters. The zero-order valence-corrected chi connectivity index (χ0v) is 15.8. The van der Waals surface area contributed by atoms with Gasteiger partial charge in [0.15, 0.2) is 6.10 Å². The van der Waals surface area contributed by atoms with Crippen LogP contribution in [0.15, 0.2) is 57.7 Å². The van der Waals surface area contributed by atoms with E-state index in [0.29, 0.717) is 17.1 Å². The molecule has 5 heteroatoms. The third kappa shape index (κ3) is 4.37. The van der Waals surface area contributed by atoms with Gasteiger partial charge in [-0.15, -0.1) is 0 Å². The highest BCUT2D eigenvalue weighted by Gasteiger charge is 2.18. The van der Waals surface area contributed by atoms with Crippen LogP contribution in [0.25, 0.3) is 11.0 Å². The molecule has 0 amide bonds. The van der Waals surface area contributed by atoms with Gasteiger partial charge in [-0.1, -0.05) is 26.0 Å². The Balaban J connectivity index is 1.79. The number of carbonyl (C=O) groups excluding carboxylic acids is 1. The monoisotopic (exact) mass is 366 g/mol. The first kappa shape index (κ1) is 18.7. The Bertz CT molecular complexity index is 1030. The van der Waals surface area contributed by atoms with Gasteiger partial charge in [-0.3, -0.25) is 0 Å². The molecule has 0 aliphatic heterocycles. The first-order valence-corrected chi connectivity index (χ1v) is 8.86. The second-order valence-corrected chi connectivity index (χ2v) is 6.83. The quantitative estimate of drug-likeness (QED) is 0.375. The lowest BCUT2D eigenvalue weighted by Crippen LogP contribution is -2.28. The SMILES string of the molecule is Cc1cccc(O[C@@H](C)C(=O)Oc2ccc3c(C(C)C)cc(=O)oc3c2)c1. The molecular weight excluding hydrogens is 344 g/mol. The molecule has 27 heavy (non-hydrogen) atoms. The van der Waals surface area contributed by atoms with Crippen molar-refractivity contribution in [2.45, 2.75) is 39.7 Å². The van der Waals surface area contributed by atoms with E-state index in [4.69, 9.17) is 13.9 Å². The van der Waals surface area contributed by atoms with Crippen molar-refractivity contribution in [3.8, 4) is 11.5 Å². The molecule has 0 radical (unpaired) electrons. The zero-order chi connectivity index (χ0) is 19.6. The van der Waals surface area contributed by atoms with Crippen LogP contribution in [0.3, 0.4) is 0 Å². The Kier molecular flexibility index (Phi) is 5.31. The highest BCUT2D eigenvalue weighted by atomic mass is 16.6. The van der Waals surface area contributed by atoms with E-state index >= 15 is 0 Å². The second kappa shape index (κ2) is 7.66. The minimum absolute atomic E-state index is 0.174. The van der Waals surface area contributed by atoms with Crippen molar-refractivity contribution in [3.63, 3.8) is 0 Å². The van der Waals surface area contributed by atoms with E-state index < -0.39 is 17.7 Å². The molecule has 1 heterocycles. The van der Waals surface area contributed by atoms with Crippen molar-refractivity contribution >= 4 is 16.9 Å². The second-order valence-electron chi connectivity index (χ2n) is 6.83. The van der Waals surface area contributed by atoms with Gasteiger partial charge in [0, 0.05) is 17.5 Å². The number of rotatable bonds is 5. The van der Waals surface area contributed by atoms with Gasteiger partial charge in [0.2, 0.25) is 0 Å². The minimum atomic E-state index is -0.781. The van der Waals surface area contributed by atoms with Gasteiger partial charge in [0.1, 0.15) is 17.1 Å². The molecule has 140 valence electrons. The van der Waals surface area contributed by atoms with E-state index in [1.165, 1.54) is 6.07 Å². The van der Waals surface area contributed by atoms with Crippen molar-refractivity contribution in [2.75, 3.05) is 0 Å². The number of carbonyl (C=O) groups is 1. The van der Waals surface area contributed by atoms with E-state index in [1.807, 2.05) is 39.0 Å². The molecule has 1 aromatic heterocycles. The number of hydrogen-bond acceptors (Lipinski definition) is 5. The highest BCUT2D eigenvalue weighted by molar-refractivity contribution is 5.84. The number of benzene rings is 2. The Morgan fingerprint density at radius 1 is 1.00 bits per heavy atom. The fourth-order valence-corrected chi connectivity index (χ4v) is 2.85. The van der Waals surface area contributed by atoms with E-state index in [1.54, 1.807) is 31.2 Å². The summed E-state index contributed by atoms with van der Waals surface area (Å²) in [7, 11) is 0. The fraction of sp³-hybridized carbons (Fsp3) is 0.273. The lowest BCUT2D eigenvalue weighted by Gasteiger charge is -2.14. The maximum absolute atomic E-state index is 12.3. The normalized spacial score (nSPS) is 12.2. The van der Waals surface area contributed by atoms with Crippen LogP contribution in [0.4, 0.5) is 0 Å². The van der Waals surface area contributed by atoms with Crippen molar-refractivity contribution in [2.24, 2.45) is 0 Å². The summed E-state index contributed by atoms with van der Waals surface area (Å²) in [5, 5.41) is 0.827. The lowest BCUT2D eigenvalue weighted by molar-refractivity contribution is -0.141. The maximum Gasteiger partial charge on any atom is 0.352 e. The van der Waals surface area contributed by atoms with Gasteiger partial charge >= 0.3 is 11.6 Å². The summed E-state index contributed by atoms with van der Waals surface area (Å²) in [6, 6.07) is 14.0. The van der Waals surface area contributed by atoms with Crippen LogP contribution in [-0.4, -0.2) is 12.1 Å². The van der Waals surface area contributed by atoms with Crippen LogP contribution in [0, 0.1) is 6.92 Å². The van der Waals surface area contributed by atoms with E-state index in [9.17, 15) is 9.59 Å². The summed E-state index contributed by atoms with van der Waals surface area (Å²) in [6.07, 6.45) is -0.781. The summed E-state index contributed by atoms with van der Waals surface area (Å²) in [5.41, 5.74) is 1.91. The maximum atomic E-state index is 12.3. The molecule has 0 saturated carbocycles. The molecule has 5 nitrogen and oxygen atoms in total. The Morgan fingerprint density at radius 2 is 1.78 bits per heavy atom. The molecule has 0 saturated heterocycles. The Hall–Kier alpha value is -3.08. The highest BCUT2D eigenvalue weighted by Crippen LogP contribution is 2.27. The van der Waals surface area contributed by atoms with Crippen LogP contribution in [0.2, 0.25) is 0 Å². The van der Waals surface area contributed by atoms with Crippen molar-refractivity contribution < 1.29 is 18.7 Å². The Morgan fingerprint density at radius 3 is 2.48 bits per heavy atom. The van der Waals surface area contributed by atoms with Crippen molar-refractivity contribution in [1.82, 2.24) is 0 Å². The van der Waals surface area contributed by atoms with Gasteiger partial charge in [0.05, 0.1) is 0 Å². The van der Waals surface area contributed by atoms with Gasteiger partial charge in [-0.05, 0) is 55.2 Å². The van der Waals surface area contributed by atoms with Crippen LogP contribution in [-0.2, 0) is 4.79 Å². The number of ether oxygens (including phenoxy) is 2. The van der Waals surface area contributed by atoms with Crippen molar-refractivity contribution in [3.05, 3.63) is 70.1 Å². The molecular formula is C22H22O5. The van der Waals surface area contributed by atoms with Crippen LogP contribution in [0.5, 0.6) is 11.5 Å². The Labute approximate surface area is 157 Å². The fourth-order valence-electron chi connectivity index (χ4n) is 2.85. The summed E-state index contributed by atoms with van der Waals surface area (Å²) >= 11 is 0. The largest absolute Gasteiger partial charge is 0.479 e.